The minimum atomic E-state index is -3.65. The second kappa shape index (κ2) is 9.29. The average molecular weight is 428 g/mol. The van der Waals surface area contributed by atoms with Gasteiger partial charge >= 0.3 is 0 Å². The van der Waals surface area contributed by atoms with E-state index >= 15 is 0 Å². The molecule has 0 bridgehead atoms. The summed E-state index contributed by atoms with van der Waals surface area (Å²) in [7, 11) is 1.47. The number of hydrogen-bond acceptors (Lipinski definition) is 6. The number of likely N-dealkylation sites (N-methyl/N-ethyl adjacent to an activating group) is 1. The fourth-order valence-corrected chi connectivity index (χ4v) is 5.22. The molecule has 0 spiro atoms. The summed E-state index contributed by atoms with van der Waals surface area (Å²) in [6.07, 6.45) is 1.02. The van der Waals surface area contributed by atoms with E-state index in [1.165, 1.54) is 35.6 Å². The van der Waals surface area contributed by atoms with Crippen LogP contribution in [0.4, 0.5) is 0 Å². The molecule has 2 heterocycles. The first-order valence-electron chi connectivity index (χ1n) is 9.94. The van der Waals surface area contributed by atoms with Crippen LogP contribution in [-0.4, -0.2) is 84.2 Å². The lowest BCUT2D eigenvalue weighted by Crippen LogP contribution is -3.12. The zero-order valence-electron chi connectivity index (χ0n) is 17.3. The third-order valence-electron chi connectivity index (χ3n) is 5.70. The standard InChI is InChI=1S/C19H30N4O5S/c1-21-10-12-22(13-11-21)20-19(24)15-6-8-23(9-7-15)29(25,26)16-4-5-17(27-2)18(14-16)28-3/h4-5,14-15H,6-13H2,1-3H3,(H,20,24)/p+1. The number of nitrogens with one attached hydrogen (secondary N) is 2. The van der Waals surface area contributed by atoms with Crippen molar-refractivity contribution in [3.63, 3.8) is 0 Å². The van der Waals surface area contributed by atoms with Crippen LogP contribution in [-0.2, 0) is 14.8 Å². The zero-order valence-corrected chi connectivity index (χ0v) is 18.1. The number of piperazine rings is 1. The molecule has 0 aromatic heterocycles. The topological polar surface area (TPSA) is 92.6 Å². The Morgan fingerprint density at radius 1 is 1.07 bits per heavy atom. The van der Waals surface area contributed by atoms with Crippen molar-refractivity contribution in [2.45, 2.75) is 17.7 Å². The van der Waals surface area contributed by atoms with Gasteiger partial charge in [0.15, 0.2) is 11.5 Å². The van der Waals surface area contributed by atoms with Gasteiger partial charge in [0.25, 0.3) is 0 Å². The summed E-state index contributed by atoms with van der Waals surface area (Å²) in [5, 5.41) is 1.97. The van der Waals surface area contributed by atoms with Crippen molar-refractivity contribution in [3.05, 3.63) is 18.2 Å². The normalized spacial score (nSPS) is 20.4. The third kappa shape index (κ3) is 5.00. The molecule has 1 aromatic carbocycles. The van der Waals surface area contributed by atoms with Crippen LogP contribution in [0.2, 0.25) is 0 Å². The Hall–Kier alpha value is -1.88. The zero-order chi connectivity index (χ0) is 21.0. The molecule has 2 fully saturated rings. The van der Waals surface area contributed by atoms with Crippen LogP contribution in [0, 0.1) is 5.92 Å². The Balaban J connectivity index is 1.58. The maximum atomic E-state index is 13.0. The van der Waals surface area contributed by atoms with Crippen molar-refractivity contribution in [2.75, 3.05) is 60.5 Å². The highest BCUT2D eigenvalue weighted by Crippen LogP contribution is 2.32. The number of nitrogens with zero attached hydrogens (tertiary/aromatic N) is 2. The van der Waals surface area contributed by atoms with E-state index in [2.05, 4.69) is 12.5 Å². The van der Waals surface area contributed by atoms with Gasteiger partial charge in [0.1, 0.15) is 0 Å². The molecule has 0 saturated carbocycles. The van der Waals surface area contributed by atoms with E-state index in [-0.39, 0.29) is 16.7 Å². The van der Waals surface area contributed by atoms with Crippen LogP contribution in [0.25, 0.3) is 0 Å². The number of quaternary nitrogens is 1. The first kappa shape index (κ1) is 21.8. The predicted molar refractivity (Wildman–Crippen MR) is 107 cm³/mol. The number of carbonyl (C=O) groups excluding carboxylic acids is 1. The number of piperidine rings is 1. The van der Waals surface area contributed by atoms with E-state index in [0.29, 0.717) is 37.4 Å². The van der Waals surface area contributed by atoms with Crippen LogP contribution in [0.5, 0.6) is 11.5 Å². The van der Waals surface area contributed by atoms with Crippen molar-refractivity contribution in [3.8, 4) is 11.5 Å². The number of hydrazine groups is 1. The van der Waals surface area contributed by atoms with E-state index in [9.17, 15) is 13.2 Å². The van der Waals surface area contributed by atoms with E-state index in [1.54, 1.807) is 6.07 Å². The van der Waals surface area contributed by atoms with Gasteiger partial charge in [-0.25, -0.2) is 13.4 Å². The quantitative estimate of drug-likeness (QED) is 0.603. The minimum absolute atomic E-state index is 0.00674. The molecule has 2 N–H and O–H groups in total. The second-order valence-corrected chi connectivity index (χ2v) is 9.55. The molecule has 0 unspecified atom stereocenters. The van der Waals surface area contributed by atoms with Crippen molar-refractivity contribution in [2.24, 2.45) is 5.92 Å². The molecule has 0 radical (unpaired) electrons. The van der Waals surface area contributed by atoms with Gasteiger partial charge in [-0.15, -0.1) is 0 Å². The molecule has 9 nitrogen and oxygen atoms in total. The summed E-state index contributed by atoms with van der Waals surface area (Å²) in [5.74, 6) is 0.677. The summed E-state index contributed by atoms with van der Waals surface area (Å²) in [6, 6.07) is 4.58. The molecule has 2 aliphatic rings. The first-order valence-corrected chi connectivity index (χ1v) is 11.4. The molecule has 1 aromatic rings. The third-order valence-corrected chi connectivity index (χ3v) is 7.60. The molecular weight excluding hydrogens is 396 g/mol. The number of ether oxygens (including phenoxy) is 2. The highest BCUT2D eigenvalue weighted by molar-refractivity contribution is 7.89. The highest BCUT2D eigenvalue weighted by atomic mass is 32.2. The maximum absolute atomic E-state index is 13.0. The van der Waals surface area contributed by atoms with Gasteiger partial charge in [-0.1, -0.05) is 0 Å². The van der Waals surface area contributed by atoms with Gasteiger partial charge < -0.3 is 14.4 Å². The molecule has 10 heteroatoms. The molecule has 1 amide bonds. The molecule has 162 valence electrons. The number of sulfonamides is 1. The first-order chi connectivity index (χ1) is 13.8. The Kier molecular flexibility index (Phi) is 6.99. The highest BCUT2D eigenvalue weighted by Gasteiger charge is 2.33. The Morgan fingerprint density at radius 3 is 2.28 bits per heavy atom. The fraction of sp³-hybridized carbons (Fsp3) is 0.632. The van der Waals surface area contributed by atoms with Crippen LogP contribution < -0.4 is 19.8 Å². The van der Waals surface area contributed by atoms with E-state index in [4.69, 9.17) is 9.47 Å². The molecule has 2 saturated heterocycles. The molecule has 0 atom stereocenters. The van der Waals surface area contributed by atoms with Crippen LogP contribution in [0.3, 0.4) is 0 Å². The monoisotopic (exact) mass is 427 g/mol. The Bertz CT molecular complexity index is 816. The number of carbonyl (C=O) groups is 1. The number of benzene rings is 1. The van der Waals surface area contributed by atoms with Crippen molar-refractivity contribution in [1.29, 1.82) is 0 Å². The second-order valence-electron chi connectivity index (χ2n) is 7.62. The molecule has 0 aliphatic carbocycles. The predicted octanol–water partition coefficient (Wildman–Crippen LogP) is -1.03. The lowest BCUT2D eigenvalue weighted by Gasteiger charge is -2.34. The van der Waals surface area contributed by atoms with Crippen molar-refractivity contribution in [1.82, 2.24) is 14.7 Å². The van der Waals surface area contributed by atoms with Gasteiger partial charge in [-0.3, -0.25) is 10.2 Å². The van der Waals surface area contributed by atoms with E-state index in [0.717, 1.165) is 26.2 Å². The smallest absolute Gasteiger partial charge is 0.243 e. The van der Waals surface area contributed by atoms with Crippen LogP contribution >= 0.6 is 0 Å². The van der Waals surface area contributed by atoms with Crippen molar-refractivity contribution >= 4 is 15.9 Å². The minimum Gasteiger partial charge on any atom is -0.493 e. The summed E-state index contributed by atoms with van der Waals surface area (Å²) < 4.78 is 37.8. The van der Waals surface area contributed by atoms with Crippen LogP contribution in [0.1, 0.15) is 12.8 Å². The molecular formula is C19H31N4O5S+. The molecule has 2 aliphatic heterocycles. The number of rotatable bonds is 6. The molecule has 3 rings (SSSR count). The molecule has 29 heavy (non-hydrogen) atoms. The Labute approximate surface area is 172 Å². The maximum Gasteiger partial charge on any atom is 0.243 e. The summed E-state index contributed by atoms with van der Waals surface area (Å²) in [4.78, 5) is 14.2. The largest absolute Gasteiger partial charge is 0.493 e. The summed E-state index contributed by atoms with van der Waals surface area (Å²) in [5.41, 5.74) is 3.00. The van der Waals surface area contributed by atoms with Gasteiger partial charge in [0.05, 0.1) is 52.3 Å². The van der Waals surface area contributed by atoms with Gasteiger partial charge in [-0.2, -0.15) is 4.31 Å². The van der Waals surface area contributed by atoms with Gasteiger partial charge in [-0.05, 0) is 25.0 Å². The Morgan fingerprint density at radius 2 is 1.69 bits per heavy atom. The SMILES string of the molecule is COc1ccc(S(=O)(=O)N2CCC(C(=O)NN3CC[NH+](C)CC3)CC2)cc1OC. The lowest BCUT2D eigenvalue weighted by molar-refractivity contribution is -0.884. The van der Waals surface area contributed by atoms with Crippen molar-refractivity contribution < 1.29 is 27.6 Å². The summed E-state index contributed by atoms with van der Waals surface area (Å²) in [6.45, 7) is 4.32. The lowest BCUT2D eigenvalue weighted by atomic mass is 9.97. The average Bonchev–Trinajstić information content (AvgIpc) is 2.74. The fourth-order valence-electron chi connectivity index (χ4n) is 3.73. The number of hydrogen-bond donors (Lipinski definition) is 2. The number of amides is 1. The van der Waals surface area contributed by atoms with E-state index in [1.807, 2.05) is 5.01 Å². The van der Waals surface area contributed by atoms with Gasteiger partial charge in [0.2, 0.25) is 15.9 Å². The van der Waals surface area contributed by atoms with E-state index < -0.39 is 10.0 Å². The number of methoxy groups -OCH3 is 2. The van der Waals surface area contributed by atoms with Crippen LogP contribution in [0.15, 0.2) is 23.1 Å². The summed E-state index contributed by atoms with van der Waals surface area (Å²) >= 11 is 0. The van der Waals surface area contributed by atoms with Gasteiger partial charge in [0, 0.05) is 25.1 Å².